The fraction of sp³-hybridized carbons (Fsp3) is 0.538. The number of rotatable bonds is 4. The molecule has 0 amide bonds. The van der Waals surface area contributed by atoms with Gasteiger partial charge in [0.15, 0.2) is 0 Å². The first-order chi connectivity index (χ1) is 7.79. The summed E-state index contributed by atoms with van der Waals surface area (Å²) in [6.07, 6.45) is 3.64. The van der Waals surface area contributed by atoms with Crippen molar-refractivity contribution in [2.45, 2.75) is 31.9 Å². The van der Waals surface area contributed by atoms with Crippen LogP contribution in [0, 0.1) is 0 Å². The fourth-order valence-electron chi connectivity index (χ4n) is 2.28. The molecule has 1 atom stereocenters. The largest absolute Gasteiger partial charge is 0.380 e. The minimum atomic E-state index is 0.622. The summed E-state index contributed by atoms with van der Waals surface area (Å²) in [6, 6.07) is 6.72. The van der Waals surface area contributed by atoms with Gasteiger partial charge in [-0.05, 0) is 49.1 Å². The summed E-state index contributed by atoms with van der Waals surface area (Å²) in [5.41, 5.74) is 2.56. The highest BCUT2D eigenvalue weighted by molar-refractivity contribution is 6.30. The van der Waals surface area contributed by atoms with E-state index >= 15 is 0 Å². The minimum absolute atomic E-state index is 0.622. The predicted octanol–water partition coefficient (Wildman–Crippen LogP) is 2.78. The Balaban J connectivity index is 2.11. The average Bonchev–Trinajstić information content (AvgIpc) is 2.75. The SMILES string of the molecule is COCc1cc(Cl)ccc1CC1CCCN1. The van der Waals surface area contributed by atoms with Crippen LogP contribution < -0.4 is 5.32 Å². The van der Waals surface area contributed by atoms with Gasteiger partial charge < -0.3 is 10.1 Å². The van der Waals surface area contributed by atoms with Gasteiger partial charge in [-0.2, -0.15) is 0 Å². The molecule has 0 aliphatic carbocycles. The van der Waals surface area contributed by atoms with Crippen molar-refractivity contribution in [3.63, 3.8) is 0 Å². The van der Waals surface area contributed by atoms with Crippen LogP contribution in [-0.2, 0) is 17.8 Å². The Morgan fingerprint density at radius 3 is 3.00 bits per heavy atom. The third-order valence-corrected chi connectivity index (χ3v) is 3.33. The van der Waals surface area contributed by atoms with E-state index in [9.17, 15) is 0 Å². The molecule has 2 nitrogen and oxygen atoms in total. The van der Waals surface area contributed by atoms with Crippen LogP contribution in [0.2, 0.25) is 5.02 Å². The Bertz CT molecular complexity index is 348. The molecular weight excluding hydrogens is 222 g/mol. The lowest BCUT2D eigenvalue weighted by Crippen LogP contribution is -2.24. The van der Waals surface area contributed by atoms with E-state index in [1.54, 1.807) is 7.11 Å². The van der Waals surface area contributed by atoms with Gasteiger partial charge in [-0.3, -0.25) is 0 Å². The molecule has 1 heterocycles. The summed E-state index contributed by atoms with van der Waals surface area (Å²) in [5, 5.41) is 4.30. The van der Waals surface area contributed by atoms with Crippen LogP contribution in [0.25, 0.3) is 0 Å². The first-order valence-electron chi connectivity index (χ1n) is 5.79. The molecule has 88 valence electrons. The number of nitrogens with one attached hydrogen (secondary N) is 1. The van der Waals surface area contributed by atoms with Crippen LogP contribution in [0.5, 0.6) is 0 Å². The molecule has 2 rings (SSSR count). The van der Waals surface area contributed by atoms with Crippen molar-refractivity contribution in [3.8, 4) is 0 Å². The number of halogens is 1. The fourth-order valence-corrected chi connectivity index (χ4v) is 2.47. The maximum absolute atomic E-state index is 6.00. The second-order valence-corrected chi connectivity index (χ2v) is 4.78. The molecule has 0 radical (unpaired) electrons. The average molecular weight is 240 g/mol. The third kappa shape index (κ3) is 2.97. The van der Waals surface area contributed by atoms with Gasteiger partial charge in [-0.25, -0.2) is 0 Å². The Morgan fingerprint density at radius 2 is 2.31 bits per heavy atom. The Morgan fingerprint density at radius 1 is 1.44 bits per heavy atom. The minimum Gasteiger partial charge on any atom is -0.380 e. The molecule has 1 unspecified atom stereocenters. The van der Waals surface area contributed by atoms with Gasteiger partial charge in [0.05, 0.1) is 6.61 Å². The summed E-state index contributed by atoms with van der Waals surface area (Å²) >= 11 is 6.00. The zero-order chi connectivity index (χ0) is 11.4. The highest BCUT2D eigenvalue weighted by Gasteiger charge is 2.16. The van der Waals surface area contributed by atoms with Gasteiger partial charge in [-0.15, -0.1) is 0 Å². The van der Waals surface area contributed by atoms with Crippen molar-refractivity contribution in [1.29, 1.82) is 0 Å². The molecule has 0 aromatic heterocycles. The Hall–Kier alpha value is -0.570. The van der Waals surface area contributed by atoms with Crippen molar-refractivity contribution in [2.24, 2.45) is 0 Å². The highest BCUT2D eigenvalue weighted by atomic mass is 35.5. The molecule has 1 fully saturated rings. The first kappa shape index (κ1) is 11.9. The van der Waals surface area contributed by atoms with E-state index in [0.29, 0.717) is 12.6 Å². The number of benzene rings is 1. The molecular formula is C13H18ClNO. The lowest BCUT2D eigenvalue weighted by molar-refractivity contribution is 0.184. The number of methoxy groups -OCH3 is 1. The quantitative estimate of drug-likeness (QED) is 0.873. The van der Waals surface area contributed by atoms with Crippen LogP contribution in [0.15, 0.2) is 18.2 Å². The Kier molecular flexibility index (Phi) is 4.22. The molecule has 16 heavy (non-hydrogen) atoms. The van der Waals surface area contributed by atoms with E-state index in [1.807, 2.05) is 12.1 Å². The van der Waals surface area contributed by atoms with Crippen molar-refractivity contribution in [1.82, 2.24) is 5.32 Å². The Labute approximate surface area is 102 Å². The van der Waals surface area contributed by atoms with Gasteiger partial charge in [-0.1, -0.05) is 17.7 Å². The molecule has 0 saturated carbocycles. The summed E-state index contributed by atoms with van der Waals surface area (Å²) in [6.45, 7) is 1.79. The number of ether oxygens (including phenoxy) is 1. The van der Waals surface area contributed by atoms with Crippen molar-refractivity contribution >= 4 is 11.6 Å². The normalized spacial score (nSPS) is 20.2. The van der Waals surface area contributed by atoms with Gasteiger partial charge in [0.1, 0.15) is 0 Å². The van der Waals surface area contributed by atoms with Gasteiger partial charge in [0, 0.05) is 18.2 Å². The highest BCUT2D eigenvalue weighted by Crippen LogP contribution is 2.20. The third-order valence-electron chi connectivity index (χ3n) is 3.10. The number of hydrogen-bond acceptors (Lipinski definition) is 2. The topological polar surface area (TPSA) is 21.3 Å². The van der Waals surface area contributed by atoms with Crippen LogP contribution in [0.1, 0.15) is 24.0 Å². The summed E-state index contributed by atoms with van der Waals surface area (Å²) < 4.78 is 5.21. The molecule has 0 spiro atoms. The van der Waals surface area contributed by atoms with Crippen molar-refractivity contribution < 1.29 is 4.74 Å². The van der Waals surface area contributed by atoms with Gasteiger partial charge in [0.25, 0.3) is 0 Å². The van der Waals surface area contributed by atoms with E-state index in [2.05, 4.69) is 11.4 Å². The second kappa shape index (κ2) is 5.67. The van der Waals surface area contributed by atoms with E-state index in [4.69, 9.17) is 16.3 Å². The van der Waals surface area contributed by atoms with Crippen molar-refractivity contribution in [3.05, 3.63) is 34.3 Å². The lowest BCUT2D eigenvalue weighted by atomic mass is 10.00. The zero-order valence-electron chi connectivity index (χ0n) is 9.63. The summed E-state index contributed by atoms with van der Waals surface area (Å²) in [4.78, 5) is 0. The summed E-state index contributed by atoms with van der Waals surface area (Å²) in [5.74, 6) is 0. The maximum Gasteiger partial charge on any atom is 0.0716 e. The van der Waals surface area contributed by atoms with Gasteiger partial charge >= 0.3 is 0 Å². The molecule has 1 saturated heterocycles. The predicted molar refractivity (Wildman–Crippen MR) is 66.9 cm³/mol. The first-order valence-corrected chi connectivity index (χ1v) is 6.17. The second-order valence-electron chi connectivity index (χ2n) is 4.34. The van der Waals surface area contributed by atoms with E-state index in [-0.39, 0.29) is 0 Å². The molecule has 3 heteroatoms. The van der Waals surface area contributed by atoms with Gasteiger partial charge in [0.2, 0.25) is 0 Å². The summed E-state index contributed by atoms with van der Waals surface area (Å²) in [7, 11) is 1.72. The van der Waals surface area contributed by atoms with E-state index < -0.39 is 0 Å². The van der Waals surface area contributed by atoms with Crippen LogP contribution >= 0.6 is 11.6 Å². The van der Waals surface area contributed by atoms with Crippen molar-refractivity contribution in [2.75, 3.05) is 13.7 Å². The maximum atomic E-state index is 6.00. The molecule has 1 N–H and O–H groups in total. The van der Waals surface area contributed by atoms with Crippen LogP contribution in [0.3, 0.4) is 0 Å². The van der Waals surface area contributed by atoms with Crippen LogP contribution in [0.4, 0.5) is 0 Å². The van der Waals surface area contributed by atoms with Crippen LogP contribution in [-0.4, -0.2) is 19.7 Å². The number of hydrogen-bond donors (Lipinski definition) is 1. The van der Waals surface area contributed by atoms with E-state index in [1.165, 1.54) is 24.0 Å². The molecule has 0 bridgehead atoms. The smallest absolute Gasteiger partial charge is 0.0716 e. The standard InChI is InChI=1S/C13H18ClNO/c1-16-9-11-7-12(14)5-4-10(11)8-13-3-2-6-15-13/h4-5,7,13,15H,2-3,6,8-9H2,1H3. The molecule has 1 aromatic carbocycles. The zero-order valence-corrected chi connectivity index (χ0v) is 10.4. The van der Waals surface area contributed by atoms with E-state index in [0.717, 1.165) is 18.0 Å². The monoisotopic (exact) mass is 239 g/mol. The molecule has 1 aromatic rings. The molecule has 1 aliphatic rings. The molecule has 1 aliphatic heterocycles. The lowest BCUT2D eigenvalue weighted by Gasteiger charge is -2.14.